The fourth-order valence-corrected chi connectivity index (χ4v) is 5.24. The second-order valence-corrected chi connectivity index (χ2v) is 12.5. The van der Waals surface area contributed by atoms with Gasteiger partial charge in [-0.2, -0.15) is 0 Å². The number of carboxylic acids is 2. The van der Waals surface area contributed by atoms with Crippen molar-refractivity contribution in [3.05, 3.63) is 120 Å². The molecule has 0 radical (unpaired) electrons. The molecule has 0 aliphatic rings. The highest BCUT2D eigenvalue weighted by Gasteiger charge is 2.15. The number of carbonyl (C=O) groups excluding carboxylic acids is 2. The molecule has 5 aromatic rings. The summed E-state index contributed by atoms with van der Waals surface area (Å²) in [5.41, 5.74) is 5.66. The van der Waals surface area contributed by atoms with Crippen molar-refractivity contribution in [1.29, 1.82) is 0 Å². The van der Waals surface area contributed by atoms with E-state index >= 15 is 0 Å². The summed E-state index contributed by atoms with van der Waals surface area (Å²) in [6, 6.07) is 19.6. The van der Waals surface area contributed by atoms with Gasteiger partial charge < -0.3 is 25.3 Å². The summed E-state index contributed by atoms with van der Waals surface area (Å²) in [5.74, 6) is -2.33. The van der Waals surface area contributed by atoms with Crippen LogP contribution in [0.4, 0.5) is 11.4 Å². The van der Waals surface area contributed by atoms with Gasteiger partial charge in [-0.1, -0.05) is 62.2 Å². The molecule has 0 aliphatic heterocycles. The Hall–Kier alpha value is -5.14. The van der Waals surface area contributed by atoms with Crippen LogP contribution in [0.2, 0.25) is 0 Å². The van der Waals surface area contributed by atoms with Gasteiger partial charge >= 0.3 is 17.6 Å². The number of aryl methyl sites for hydroxylation is 4. The Morgan fingerprint density at radius 2 is 1.18 bits per heavy atom. The average Bonchev–Trinajstić information content (AvgIpc) is 3.01. The summed E-state index contributed by atoms with van der Waals surface area (Å²) in [6.45, 7) is 9.91. The van der Waals surface area contributed by atoms with Crippen LogP contribution in [0, 0.1) is 27.7 Å². The van der Waals surface area contributed by atoms with Gasteiger partial charge in [-0.15, -0.1) is 0 Å². The normalized spacial score (nSPS) is 10.2. The number of benzene rings is 4. The highest BCUT2D eigenvalue weighted by Crippen LogP contribution is 2.30. The minimum absolute atomic E-state index is 0.0888. The molecule has 4 N–H and O–H groups in total. The van der Waals surface area contributed by atoms with Crippen LogP contribution in [0.15, 0.2) is 84.9 Å². The molecule has 13 heteroatoms. The third-order valence-corrected chi connectivity index (χ3v) is 8.55. The fraction of sp³-hybridized carbons (Fsp3) is 0.167. The van der Waals surface area contributed by atoms with Gasteiger partial charge in [-0.3, -0.25) is 9.59 Å². The van der Waals surface area contributed by atoms with Crippen molar-refractivity contribution in [1.82, 2.24) is 4.98 Å². The molecule has 0 saturated carbocycles. The molecule has 49 heavy (non-hydrogen) atoms. The third kappa shape index (κ3) is 10.4. The number of carboxylic acid groups (broad SMARTS) is 2. The van der Waals surface area contributed by atoms with Gasteiger partial charge in [-0.05, 0) is 85.0 Å². The summed E-state index contributed by atoms with van der Waals surface area (Å²) in [6.07, 6.45) is 0. The molecule has 5 rings (SSSR count). The van der Waals surface area contributed by atoms with Gasteiger partial charge in [0.25, 0.3) is 0 Å². The molecule has 1 aromatic heterocycles. The molecule has 4 aromatic carbocycles. The number of hydrogen-bond donors (Lipinski definition) is 4. The van der Waals surface area contributed by atoms with E-state index in [0.717, 1.165) is 36.8 Å². The molecule has 0 bridgehead atoms. The Bertz CT molecular complexity index is 2130. The standard InChI is InChI=1S/C16H15NO3.C10H10BrNO3.C10H8BrNO2/c1-10-8-14(16(19)20)15(17-11(2)18)9-13(10)12-6-4-3-5-7-12;1-5-3-7(10(14)15)9(4-8(5)11)12-6(2)13;1-5-3-7-9(4-8(5)11)12-6(2)14-10(7)13/h3-9H,1-2H3,(H,17,18)(H,19,20);3-4H,1-2H3,(H,12,13)(H,14,15);3-4H,1-2H3. The summed E-state index contributed by atoms with van der Waals surface area (Å²) in [7, 11) is 0. The zero-order valence-electron chi connectivity index (χ0n) is 27.4. The van der Waals surface area contributed by atoms with Crippen LogP contribution in [0.3, 0.4) is 0 Å². The van der Waals surface area contributed by atoms with Gasteiger partial charge in [0, 0.05) is 29.7 Å². The van der Waals surface area contributed by atoms with Crippen molar-refractivity contribution in [3.63, 3.8) is 0 Å². The van der Waals surface area contributed by atoms with Gasteiger partial charge in [0.2, 0.25) is 11.8 Å². The predicted octanol–water partition coefficient (Wildman–Crippen LogP) is 8.30. The number of carbonyl (C=O) groups is 4. The first-order valence-corrected chi connectivity index (χ1v) is 16.2. The number of nitrogens with zero attached hydrogens (tertiary/aromatic N) is 1. The Balaban J connectivity index is 0.000000203. The Morgan fingerprint density at radius 1 is 0.694 bits per heavy atom. The zero-order valence-corrected chi connectivity index (χ0v) is 30.6. The smallest absolute Gasteiger partial charge is 0.346 e. The second-order valence-electron chi connectivity index (χ2n) is 10.8. The van der Waals surface area contributed by atoms with Crippen LogP contribution >= 0.6 is 31.9 Å². The predicted molar refractivity (Wildman–Crippen MR) is 195 cm³/mol. The average molecular weight is 795 g/mol. The maximum atomic E-state index is 11.4. The van der Waals surface area contributed by atoms with Crippen molar-refractivity contribution in [2.45, 2.75) is 41.5 Å². The van der Waals surface area contributed by atoms with E-state index in [0.29, 0.717) is 28.2 Å². The number of hydrogen-bond acceptors (Lipinski definition) is 7. The van der Waals surface area contributed by atoms with E-state index in [1.807, 2.05) is 50.2 Å². The summed E-state index contributed by atoms with van der Waals surface area (Å²) < 4.78 is 6.61. The highest BCUT2D eigenvalue weighted by atomic mass is 79.9. The molecular weight excluding hydrogens is 762 g/mol. The van der Waals surface area contributed by atoms with E-state index in [4.69, 9.17) is 9.52 Å². The maximum Gasteiger partial charge on any atom is 0.346 e. The second kappa shape index (κ2) is 16.8. The van der Waals surface area contributed by atoms with E-state index in [2.05, 4.69) is 47.5 Å². The molecular formula is C36H33Br2N3O8. The van der Waals surface area contributed by atoms with Crippen molar-refractivity contribution >= 4 is 77.9 Å². The topological polar surface area (TPSA) is 176 Å². The van der Waals surface area contributed by atoms with Crippen LogP contribution in [-0.4, -0.2) is 39.0 Å². The number of aromatic nitrogens is 1. The molecule has 2 amide bonds. The lowest BCUT2D eigenvalue weighted by Crippen LogP contribution is -2.11. The zero-order chi connectivity index (χ0) is 36.6. The quantitative estimate of drug-likeness (QED) is 0.136. The first kappa shape index (κ1) is 38.3. The van der Waals surface area contributed by atoms with Crippen molar-refractivity contribution in [2.24, 2.45) is 0 Å². The molecule has 11 nitrogen and oxygen atoms in total. The molecule has 0 spiro atoms. The van der Waals surface area contributed by atoms with E-state index in [-0.39, 0.29) is 28.6 Å². The Labute approximate surface area is 298 Å². The lowest BCUT2D eigenvalue weighted by atomic mass is 9.97. The third-order valence-electron chi connectivity index (χ3n) is 6.85. The number of amides is 2. The number of halogens is 2. The van der Waals surface area contributed by atoms with Crippen molar-refractivity contribution in [2.75, 3.05) is 10.6 Å². The monoisotopic (exact) mass is 793 g/mol. The fourth-order valence-electron chi connectivity index (χ4n) is 4.57. The number of nitrogens with one attached hydrogen (secondary N) is 2. The molecule has 254 valence electrons. The van der Waals surface area contributed by atoms with Crippen LogP contribution in [0.25, 0.3) is 22.0 Å². The minimum atomic E-state index is -1.06. The number of fused-ring (bicyclic) bond motifs is 1. The molecule has 1 heterocycles. The molecule has 0 unspecified atom stereocenters. The first-order chi connectivity index (χ1) is 23.0. The molecule has 0 saturated heterocycles. The Morgan fingerprint density at radius 3 is 1.71 bits per heavy atom. The van der Waals surface area contributed by atoms with E-state index in [1.54, 1.807) is 38.1 Å². The summed E-state index contributed by atoms with van der Waals surface area (Å²) in [4.78, 5) is 59.8. The minimum Gasteiger partial charge on any atom is -0.478 e. The summed E-state index contributed by atoms with van der Waals surface area (Å²) in [5, 5.41) is 23.7. The lowest BCUT2D eigenvalue weighted by Gasteiger charge is -2.13. The number of anilines is 2. The number of aromatic carboxylic acids is 2. The van der Waals surface area contributed by atoms with Crippen molar-refractivity contribution < 1.29 is 33.8 Å². The Kier molecular flexibility index (Phi) is 13.1. The number of rotatable bonds is 5. The van der Waals surface area contributed by atoms with Crippen LogP contribution < -0.4 is 16.3 Å². The largest absolute Gasteiger partial charge is 0.478 e. The SMILES string of the molecule is CC(=O)Nc1cc(-c2ccccc2)c(C)cc1C(=O)O.CC(=O)Nc1cc(Br)c(C)cc1C(=O)O.Cc1nc2cc(Br)c(C)cc2c(=O)o1. The molecule has 0 fully saturated rings. The van der Waals surface area contributed by atoms with Gasteiger partial charge in [0.05, 0.1) is 33.4 Å². The van der Waals surface area contributed by atoms with Gasteiger partial charge in [0.1, 0.15) is 0 Å². The van der Waals surface area contributed by atoms with E-state index in [1.165, 1.54) is 19.9 Å². The van der Waals surface area contributed by atoms with E-state index < -0.39 is 11.9 Å². The van der Waals surface area contributed by atoms with E-state index in [9.17, 15) is 29.1 Å². The van der Waals surface area contributed by atoms with Crippen LogP contribution in [0.5, 0.6) is 0 Å². The first-order valence-electron chi connectivity index (χ1n) is 14.6. The maximum absolute atomic E-state index is 11.4. The lowest BCUT2D eigenvalue weighted by molar-refractivity contribution is -0.115. The molecule has 0 aliphatic carbocycles. The van der Waals surface area contributed by atoms with Crippen molar-refractivity contribution in [3.8, 4) is 11.1 Å². The van der Waals surface area contributed by atoms with Gasteiger partial charge in [0.15, 0.2) is 5.89 Å². The molecule has 0 atom stereocenters. The van der Waals surface area contributed by atoms with Crippen LogP contribution in [0.1, 0.15) is 57.1 Å². The van der Waals surface area contributed by atoms with Gasteiger partial charge in [-0.25, -0.2) is 19.4 Å². The highest BCUT2D eigenvalue weighted by molar-refractivity contribution is 9.10. The summed E-state index contributed by atoms with van der Waals surface area (Å²) >= 11 is 6.67. The van der Waals surface area contributed by atoms with Crippen LogP contribution in [-0.2, 0) is 9.59 Å².